The van der Waals surface area contributed by atoms with Gasteiger partial charge in [0.2, 0.25) is 0 Å². The van der Waals surface area contributed by atoms with Gasteiger partial charge < -0.3 is 20.6 Å². The van der Waals surface area contributed by atoms with Gasteiger partial charge in [0.05, 0.1) is 18.8 Å². The fourth-order valence-electron chi connectivity index (χ4n) is 2.26. The summed E-state index contributed by atoms with van der Waals surface area (Å²) in [6.07, 6.45) is 0. The Morgan fingerprint density at radius 2 is 2.15 bits per heavy atom. The summed E-state index contributed by atoms with van der Waals surface area (Å²) in [5.74, 6) is -0.0909. The van der Waals surface area contributed by atoms with E-state index in [1.165, 1.54) is 0 Å². The van der Waals surface area contributed by atoms with E-state index in [1.807, 2.05) is 13.8 Å². The first kappa shape index (κ1) is 14.3. The Labute approximate surface area is 117 Å². The topological polar surface area (TPSA) is 88.2 Å². The maximum Gasteiger partial charge on any atom is 0.254 e. The molecule has 20 heavy (non-hydrogen) atoms. The van der Waals surface area contributed by atoms with Gasteiger partial charge in [0.15, 0.2) is 5.84 Å². The van der Waals surface area contributed by atoms with Gasteiger partial charge in [-0.1, -0.05) is 17.3 Å². The minimum absolute atomic E-state index is 0.0131. The van der Waals surface area contributed by atoms with E-state index >= 15 is 0 Å². The van der Waals surface area contributed by atoms with E-state index in [1.54, 1.807) is 29.2 Å². The third kappa shape index (κ3) is 2.75. The fraction of sp³-hybridized carbons (Fsp3) is 0.429. The molecule has 6 heteroatoms. The van der Waals surface area contributed by atoms with E-state index in [0.29, 0.717) is 30.9 Å². The van der Waals surface area contributed by atoms with Crippen molar-refractivity contribution in [2.24, 2.45) is 10.9 Å². The summed E-state index contributed by atoms with van der Waals surface area (Å²) in [5.41, 5.74) is 6.24. The molecule has 0 unspecified atom stereocenters. The molecular weight excluding hydrogens is 258 g/mol. The number of hydrogen-bond donors (Lipinski definition) is 2. The number of oxime groups is 1. The zero-order chi connectivity index (χ0) is 14.8. The molecule has 1 aliphatic heterocycles. The molecule has 0 saturated carbocycles. The molecule has 0 bridgehead atoms. The minimum Gasteiger partial charge on any atom is -0.409 e. The first-order chi connectivity index (χ1) is 9.45. The minimum atomic E-state index is -0.345. The summed E-state index contributed by atoms with van der Waals surface area (Å²) in [4.78, 5) is 14.4. The van der Waals surface area contributed by atoms with Crippen molar-refractivity contribution < 1.29 is 14.7 Å². The van der Waals surface area contributed by atoms with Crippen molar-refractivity contribution in [1.82, 2.24) is 4.90 Å². The summed E-state index contributed by atoms with van der Waals surface area (Å²) >= 11 is 0. The van der Waals surface area contributed by atoms with Gasteiger partial charge in [0.25, 0.3) is 5.91 Å². The number of amides is 1. The number of hydrogen-bond acceptors (Lipinski definition) is 4. The molecule has 2 rings (SSSR count). The van der Waals surface area contributed by atoms with Crippen LogP contribution in [0.3, 0.4) is 0 Å². The molecule has 1 amide bonds. The van der Waals surface area contributed by atoms with E-state index in [9.17, 15) is 4.79 Å². The molecule has 0 aromatic heterocycles. The second-order valence-corrected chi connectivity index (χ2v) is 5.39. The lowest BCUT2D eigenvalue weighted by atomic mass is 10.00. The normalized spacial score (nSPS) is 18.9. The SMILES string of the molecule is CC1(C)COCCN1C(=O)c1cccc(C(N)=NO)c1. The smallest absolute Gasteiger partial charge is 0.254 e. The zero-order valence-electron chi connectivity index (χ0n) is 11.7. The molecule has 0 radical (unpaired) electrons. The Morgan fingerprint density at radius 3 is 2.80 bits per heavy atom. The van der Waals surface area contributed by atoms with Crippen molar-refractivity contribution in [1.29, 1.82) is 0 Å². The summed E-state index contributed by atoms with van der Waals surface area (Å²) in [5, 5.41) is 11.7. The zero-order valence-corrected chi connectivity index (χ0v) is 11.7. The van der Waals surface area contributed by atoms with Gasteiger partial charge in [0.1, 0.15) is 0 Å². The lowest BCUT2D eigenvalue weighted by molar-refractivity contribution is -0.0370. The van der Waals surface area contributed by atoms with Gasteiger partial charge >= 0.3 is 0 Å². The molecule has 1 aliphatic rings. The van der Waals surface area contributed by atoms with Crippen molar-refractivity contribution in [3.05, 3.63) is 35.4 Å². The Kier molecular flexibility index (Phi) is 3.94. The van der Waals surface area contributed by atoms with E-state index in [4.69, 9.17) is 15.7 Å². The fourth-order valence-corrected chi connectivity index (χ4v) is 2.26. The number of ether oxygens (including phenoxy) is 1. The standard InChI is InChI=1S/C14H19N3O3/c1-14(2)9-20-7-6-17(14)13(18)11-5-3-4-10(8-11)12(15)16-19/h3-5,8,19H,6-7,9H2,1-2H3,(H2,15,16). The van der Waals surface area contributed by atoms with Crippen molar-refractivity contribution in [3.63, 3.8) is 0 Å². The molecule has 1 aromatic rings. The highest BCUT2D eigenvalue weighted by Crippen LogP contribution is 2.22. The number of morpholine rings is 1. The molecule has 0 atom stereocenters. The van der Waals surface area contributed by atoms with Crippen LogP contribution in [0.25, 0.3) is 0 Å². The summed E-state index contributed by atoms with van der Waals surface area (Å²) in [7, 11) is 0. The molecule has 1 saturated heterocycles. The molecule has 3 N–H and O–H groups in total. The van der Waals surface area contributed by atoms with E-state index < -0.39 is 0 Å². The maximum absolute atomic E-state index is 12.6. The molecule has 1 heterocycles. The number of nitrogens with zero attached hydrogens (tertiary/aromatic N) is 2. The Hall–Kier alpha value is -2.08. The second kappa shape index (κ2) is 5.50. The highest BCUT2D eigenvalue weighted by atomic mass is 16.5. The van der Waals surface area contributed by atoms with Crippen molar-refractivity contribution in [2.75, 3.05) is 19.8 Å². The lowest BCUT2D eigenvalue weighted by Crippen LogP contribution is -2.55. The highest BCUT2D eigenvalue weighted by molar-refractivity contribution is 6.01. The van der Waals surface area contributed by atoms with Crippen molar-refractivity contribution in [3.8, 4) is 0 Å². The highest BCUT2D eigenvalue weighted by Gasteiger charge is 2.34. The Morgan fingerprint density at radius 1 is 1.45 bits per heavy atom. The average molecular weight is 277 g/mol. The molecular formula is C14H19N3O3. The molecule has 1 aromatic carbocycles. The first-order valence-corrected chi connectivity index (χ1v) is 6.43. The van der Waals surface area contributed by atoms with Gasteiger partial charge in [-0.15, -0.1) is 0 Å². The van der Waals surface area contributed by atoms with Crippen LogP contribution in [0.2, 0.25) is 0 Å². The van der Waals surface area contributed by atoms with E-state index in [-0.39, 0.29) is 17.3 Å². The number of amidine groups is 1. The summed E-state index contributed by atoms with van der Waals surface area (Å²) in [6.45, 7) is 5.54. The monoisotopic (exact) mass is 277 g/mol. The largest absolute Gasteiger partial charge is 0.409 e. The molecule has 108 valence electrons. The van der Waals surface area contributed by atoms with E-state index in [2.05, 4.69) is 5.16 Å². The average Bonchev–Trinajstić information content (AvgIpc) is 2.45. The third-order valence-corrected chi connectivity index (χ3v) is 3.40. The predicted molar refractivity (Wildman–Crippen MR) is 74.9 cm³/mol. The van der Waals surface area contributed by atoms with E-state index in [0.717, 1.165) is 0 Å². The van der Waals surface area contributed by atoms with Crippen LogP contribution in [0.5, 0.6) is 0 Å². The van der Waals surface area contributed by atoms with Crippen molar-refractivity contribution >= 4 is 11.7 Å². The van der Waals surface area contributed by atoms with Gasteiger partial charge in [0, 0.05) is 17.7 Å². The van der Waals surface area contributed by atoms with Gasteiger partial charge in [-0.05, 0) is 26.0 Å². The molecule has 1 fully saturated rings. The summed E-state index contributed by atoms with van der Waals surface area (Å²) in [6, 6.07) is 6.76. The quantitative estimate of drug-likeness (QED) is 0.366. The number of carbonyl (C=O) groups excluding carboxylic acids is 1. The number of rotatable bonds is 2. The predicted octanol–water partition coefficient (Wildman–Crippen LogP) is 1.03. The number of carbonyl (C=O) groups is 1. The Bertz CT molecular complexity index is 540. The molecule has 0 aliphatic carbocycles. The van der Waals surface area contributed by atoms with Crippen LogP contribution >= 0.6 is 0 Å². The van der Waals surface area contributed by atoms with Crippen LogP contribution in [0.15, 0.2) is 29.4 Å². The maximum atomic E-state index is 12.6. The third-order valence-electron chi connectivity index (χ3n) is 3.40. The van der Waals surface area contributed by atoms with Gasteiger partial charge in [-0.3, -0.25) is 4.79 Å². The van der Waals surface area contributed by atoms with Crippen LogP contribution < -0.4 is 5.73 Å². The van der Waals surface area contributed by atoms with Crippen molar-refractivity contribution in [2.45, 2.75) is 19.4 Å². The van der Waals surface area contributed by atoms with Crippen LogP contribution in [0.4, 0.5) is 0 Å². The van der Waals surface area contributed by atoms with Crippen LogP contribution in [0.1, 0.15) is 29.8 Å². The first-order valence-electron chi connectivity index (χ1n) is 6.43. The number of nitrogens with two attached hydrogens (primary N) is 1. The molecule has 0 spiro atoms. The van der Waals surface area contributed by atoms with Crippen LogP contribution in [-0.4, -0.2) is 47.1 Å². The van der Waals surface area contributed by atoms with Gasteiger partial charge in [-0.25, -0.2) is 0 Å². The number of benzene rings is 1. The van der Waals surface area contributed by atoms with Gasteiger partial charge in [-0.2, -0.15) is 0 Å². The second-order valence-electron chi connectivity index (χ2n) is 5.39. The Balaban J connectivity index is 2.29. The molecule has 6 nitrogen and oxygen atoms in total. The summed E-state index contributed by atoms with van der Waals surface area (Å²) < 4.78 is 5.41. The van der Waals surface area contributed by atoms with Crippen LogP contribution in [-0.2, 0) is 4.74 Å². The van der Waals surface area contributed by atoms with Crippen LogP contribution in [0, 0.1) is 0 Å². The lowest BCUT2D eigenvalue weighted by Gasteiger charge is -2.42.